The fourth-order valence-electron chi connectivity index (χ4n) is 3.88. The number of rotatable bonds is 5. The van der Waals surface area contributed by atoms with Gasteiger partial charge in [0.25, 0.3) is 0 Å². The Labute approximate surface area is 185 Å². The number of carbonyl (C=O) groups is 2. The summed E-state index contributed by atoms with van der Waals surface area (Å²) in [5.74, 6) is -0.217. The van der Waals surface area contributed by atoms with E-state index in [-0.39, 0.29) is 29.4 Å². The molecule has 0 unspecified atom stereocenters. The van der Waals surface area contributed by atoms with E-state index >= 15 is 0 Å². The number of fused-ring (bicyclic) bond motifs is 1. The van der Waals surface area contributed by atoms with Crippen molar-refractivity contribution in [2.24, 2.45) is 0 Å². The highest BCUT2D eigenvalue weighted by Crippen LogP contribution is 2.31. The molecule has 0 saturated heterocycles. The Bertz CT molecular complexity index is 1080. The van der Waals surface area contributed by atoms with Crippen LogP contribution in [-0.4, -0.2) is 42.2 Å². The molecule has 4 rings (SSSR count). The van der Waals surface area contributed by atoms with Crippen molar-refractivity contribution in [2.45, 2.75) is 56.5 Å². The topological polar surface area (TPSA) is 120 Å². The van der Waals surface area contributed by atoms with E-state index in [1.54, 1.807) is 12.1 Å². The van der Waals surface area contributed by atoms with Crippen molar-refractivity contribution >= 4 is 44.1 Å². The van der Waals surface area contributed by atoms with Gasteiger partial charge in [0.05, 0.1) is 17.1 Å². The second kappa shape index (κ2) is 8.93. The van der Waals surface area contributed by atoms with Crippen LogP contribution in [0.3, 0.4) is 0 Å². The molecule has 1 aromatic carbocycles. The summed E-state index contributed by atoms with van der Waals surface area (Å²) in [4.78, 5) is 28.8. The SMILES string of the molecule is CC(=O)Nc1ccc(S(=O)(=O)N2CCc3nc(NC(=O)NC4CCCC4)sc3C2)cc1. The number of urea groups is 1. The smallest absolute Gasteiger partial charge is 0.321 e. The number of anilines is 2. The fraction of sp³-hybridized carbons (Fsp3) is 0.450. The van der Waals surface area contributed by atoms with Gasteiger partial charge in [-0.05, 0) is 37.1 Å². The van der Waals surface area contributed by atoms with Gasteiger partial charge in [0.15, 0.2) is 5.13 Å². The lowest BCUT2D eigenvalue weighted by atomic mass is 10.2. The third-order valence-corrected chi connectivity index (χ3v) is 8.28. The number of amides is 3. The molecule has 1 aliphatic heterocycles. The summed E-state index contributed by atoms with van der Waals surface area (Å²) < 4.78 is 27.5. The van der Waals surface area contributed by atoms with Crippen LogP contribution >= 0.6 is 11.3 Å². The summed E-state index contributed by atoms with van der Waals surface area (Å²) in [6, 6.07) is 6.07. The molecule has 3 amide bonds. The zero-order valence-electron chi connectivity index (χ0n) is 17.2. The summed E-state index contributed by atoms with van der Waals surface area (Å²) in [5.41, 5.74) is 1.37. The van der Waals surface area contributed by atoms with Crippen molar-refractivity contribution in [3.8, 4) is 0 Å². The molecule has 1 fully saturated rings. The van der Waals surface area contributed by atoms with Gasteiger partial charge in [0, 0.05) is 36.5 Å². The van der Waals surface area contributed by atoms with Gasteiger partial charge in [0.2, 0.25) is 15.9 Å². The molecule has 1 saturated carbocycles. The quantitative estimate of drug-likeness (QED) is 0.630. The molecule has 0 spiro atoms. The average molecular weight is 464 g/mol. The van der Waals surface area contributed by atoms with Crippen molar-refractivity contribution in [3.05, 3.63) is 34.8 Å². The lowest BCUT2D eigenvalue weighted by Gasteiger charge is -2.25. The first-order valence-corrected chi connectivity index (χ1v) is 12.5. The van der Waals surface area contributed by atoms with E-state index < -0.39 is 10.0 Å². The molecular weight excluding hydrogens is 438 g/mol. The van der Waals surface area contributed by atoms with Crippen molar-refractivity contribution in [2.75, 3.05) is 17.2 Å². The van der Waals surface area contributed by atoms with Gasteiger partial charge in [-0.15, -0.1) is 0 Å². The Balaban J connectivity index is 1.42. The molecule has 31 heavy (non-hydrogen) atoms. The number of hydrogen-bond acceptors (Lipinski definition) is 6. The minimum Gasteiger partial charge on any atom is -0.335 e. The van der Waals surface area contributed by atoms with E-state index in [0.717, 1.165) is 36.3 Å². The predicted octanol–water partition coefficient (Wildman–Crippen LogP) is 2.91. The normalized spacial score (nSPS) is 17.2. The number of nitrogens with zero attached hydrogens (tertiary/aromatic N) is 2. The number of carbonyl (C=O) groups excluding carboxylic acids is 2. The summed E-state index contributed by atoms with van der Waals surface area (Å²) in [7, 11) is -3.68. The van der Waals surface area contributed by atoms with Gasteiger partial charge >= 0.3 is 6.03 Å². The van der Waals surface area contributed by atoms with Crippen LogP contribution in [0.15, 0.2) is 29.2 Å². The van der Waals surface area contributed by atoms with Crippen molar-refractivity contribution < 1.29 is 18.0 Å². The Kier molecular flexibility index (Phi) is 6.26. The van der Waals surface area contributed by atoms with Crippen LogP contribution < -0.4 is 16.0 Å². The Morgan fingerprint density at radius 3 is 2.52 bits per heavy atom. The van der Waals surface area contributed by atoms with E-state index in [1.807, 2.05) is 0 Å². The van der Waals surface area contributed by atoms with E-state index in [2.05, 4.69) is 20.9 Å². The zero-order valence-corrected chi connectivity index (χ0v) is 18.8. The number of nitrogens with one attached hydrogen (secondary N) is 3. The molecular formula is C20H25N5O4S2. The Morgan fingerprint density at radius 1 is 1.13 bits per heavy atom. The first kappa shape index (κ1) is 21.7. The molecule has 2 aromatic rings. The van der Waals surface area contributed by atoms with Gasteiger partial charge in [-0.25, -0.2) is 18.2 Å². The number of hydrogen-bond donors (Lipinski definition) is 3. The van der Waals surface area contributed by atoms with Crippen LogP contribution in [0, 0.1) is 0 Å². The van der Waals surface area contributed by atoms with Crippen LogP contribution in [0.5, 0.6) is 0 Å². The van der Waals surface area contributed by atoms with Crippen molar-refractivity contribution in [1.29, 1.82) is 0 Å². The molecule has 2 heterocycles. The minimum absolute atomic E-state index is 0.170. The van der Waals surface area contributed by atoms with Crippen LogP contribution in [0.4, 0.5) is 15.6 Å². The van der Waals surface area contributed by atoms with Gasteiger partial charge in [-0.2, -0.15) is 4.31 Å². The van der Waals surface area contributed by atoms with Gasteiger partial charge in [0.1, 0.15) is 0 Å². The maximum atomic E-state index is 13.1. The molecule has 0 bridgehead atoms. The van der Waals surface area contributed by atoms with Gasteiger partial charge in [-0.1, -0.05) is 24.2 Å². The van der Waals surface area contributed by atoms with E-state index in [4.69, 9.17) is 0 Å². The summed E-state index contributed by atoms with van der Waals surface area (Å²) in [6.07, 6.45) is 4.76. The van der Waals surface area contributed by atoms with Crippen LogP contribution in [-0.2, 0) is 27.8 Å². The monoisotopic (exact) mass is 463 g/mol. The van der Waals surface area contributed by atoms with E-state index in [1.165, 1.54) is 34.7 Å². The number of sulfonamides is 1. The molecule has 9 nitrogen and oxygen atoms in total. The second-order valence-electron chi connectivity index (χ2n) is 7.76. The minimum atomic E-state index is -3.68. The zero-order chi connectivity index (χ0) is 22.0. The Morgan fingerprint density at radius 2 is 1.84 bits per heavy atom. The maximum Gasteiger partial charge on any atom is 0.321 e. The highest BCUT2D eigenvalue weighted by atomic mass is 32.2. The van der Waals surface area contributed by atoms with Gasteiger partial charge < -0.3 is 10.6 Å². The highest BCUT2D eigenvalue weighted by Gasteiger charge is 2.30. The Hall–Kier alpha value is -2.50. The van der Waals surface area contributed by atoms with Crippen LogP contribution in [0.25, 0.3) is 0 Å². The van der Waals surface area contributed by atoms with Crippen LogP contribution in [0.2, 0.25) is 0 Å². The molecule has 2 aliphatic rings. The summed E-state index contributed by atoms with van der Waals surface area (Å²) >= 11 is 1.31. The van der Waals surface area contributed by atoms with E-state index in [9.17, 15) is 18.0 Å². The third-order valence-electron chi connectivity index (χ3n) is 5.42. The lowest BCUT2D eigenvalue weighted by molar-refractivity contribution is -0.114. The third kappa shape index (κ3) is 5.05. The number of aromatic nitrogens is 1. The standard InChI is InChI=1S/C20H25N5O4S2/c1-13(26)21-15-6-8-16(9-7-15)31(28,29)25-11-10-17-18(12-25)30-20(23-17)24-19(27)22-14-4-2-3-5-14/h6-9,14H,2-5,10-12H2,1H3,(H,21,26)(H2,22,23,24,27). The lowest BCUT2D eigenvalue weighted by Crippen LogP contribution is -2.36. The summed E-state index contributed by atoms with van der Waals surface area (Å²) in [6.45, 7) is 1.93. The molecule has 1 aromatic heterocycles. The molecule has 1 aliphatic carbocycles. The molecule has 11 heteroatoms. The van der Waals surface area contributed by atoms with Crippen molar-refractivity contribution in [1.82, 2.24) is 14.6 Å². The molecule has 0 radical (unpaired) electrons. The largest absolute Gasteiger partial charge is 0.335 e. The van der Waals surface area contributed by atoms with Gasteiger partial charge in [-0.3, -0.25) is 10.1 Å². The van der Waals surface area contributed by atoms with Crippen LogP contribution in [0.1, 0.15) is 43.2 Å². The fourth-order valence-corrected chi connectivity index (χ4v) is 6.39. The second-order valence-corrected chi connectivity index (χ2v) is 10.8. The number of benzene rings is 1. The maximum absolute atomic E-state index is 13.1. The average Bonchev–Trinajstić information content (AvgIpc) is 3.36. The van der Waals surface area contributed by atoms with Crippen molar-refractivity contribution in [3.63, 3.8) is 0 Å². The molecule has 166 valence electrons. The summed E-state index contributed by atoms with van der Waals surface area (Å²) in [5, 5.41) is 8.86. The van der Waals surface area contributed by atoms with E-state index in [0.29, 0.717) is 23.8 Å². The molecule has 0 atom stereocenters. The first-order valence-electron chi connectivity index (χ1n) is 10.2. The molecule has 3 N–H and O–H groups in total. The first-order chi connectivity index (χ1) is 14.8. The predicted molar refractivity (Wildman–Crippen MR) is 119 cm³/mol. The highest BCUT2D eigenvalue weighted by molar-refractivity contribution is 7.89. The number of thiazole rings is 1.